The number of aromatic nitrogens is 7. The van der Waals surface area contributed by atoms with Crippen LogP contribution in [-0.2, 0) is 0 Å². The van der Waals surface area contributed by atoms with Crippen LogP contribution in [0.2, 0.25) is 0 Å². The van der Waals surface area contributed by atoms with Gasteiger partial charge in [0, 0.05) is 18.5 Å². The molecule has 0 spiro atoms. The molecule has 26 heavy (non-hydrogen) atoms. The predicted molar refractivity (Wildman–Crippen MR) is 93.2 cm³/mol. The summed E-state index contributed by atoms with van der Waals surface area (Å²) >= 11 is 0. The minimum absolute atomic E-state index is 0.188. The Morgan fingerprint density at radius 3 is 2.73 bits per heavy atom. The number of aryl methyl sites for hydroxylation is 1. The van der Waals surface area contributed by atoms with Crippen molar-refractivity contribution in [3.05, 3.63) is 72.8 Å². The number of amides is 1. The smallest absolute Gasteiger partial charge is 0.279 e. The van der Waals surface area contributed by atoms with Crippen molar-refractivity contribution >= 4 is 11.7 Å². The van der Waals surface area contributed by atoms with Crippen LogP contribution in [0, 0.1) is 6.92 Å². The molecule has 4 rings (SSSR count). The van der Waals surface area contributed by atoms with Crippen molar-refractivity contribution in [2.24, 2.45) is 0 Å². The first-order valence-electron chi connectivity index (χ1n) is 7.82. The van der Waals surface area contributed by atoms with E-state index in [0.717, 1.165) is 11.5 Å². The van der Waals surface area contributed by atoms with Crippen LogP contribution in [0.3, 0.4) is 0 Å². The van der Waals surface area contributed by atoms with Gasteiger partial charge in [-0.3, -0.25) is 9.36 Å². The summed E-state index contributed by atoms with van der Waals surface area (Å²) in [5.74, 6) is 1.35. The first-order chi connectivity index (χ1) is 12.7. The SMILES string of the molecule is Cc1nccn1-c1cc(NC(=O)c2cnn(-c3ccccc3)n2)ncn1. The maximum absolute atomic E-state index is 12.4. The number of hydrogen-bond acceptors (Lipinski definition) is 6. The van der Waals surface area contributed by atoms with E-state index in [9.17, 15) is 4.79 Å². The Hall–Kier alpha value is -3.88. The molecule has 3 aromatic heterocycles. The third-order valence-electron chi connectivity index (χ3n) is 3.68. The Bertz CT molecular complexity index is 1050. The Balaban J connectivity index is 1.54. The van der Waals surface area contributed by atoms with E-state index >= 15 is 0 Å². The van der Waals surface area contributed by atoms with E-state index in [4.69, 9.17) is 0 Å². The maximum atomic E-state index is 12.4. The van der Waals surface area contributed by atoms with Crippen LogP contribution in [0.4, 0.5) is 5.82 Å². The van der Waals surface area contributed by atoms with Crippen LogP contribution in [0.5, 0.6) is 0 Å². The first kappa shape index (κ1) is 15.6. The standard InChI is InChI=1S/C17H14N8O/c1-12-18-7-8-24(12)16-9-15(19-11-20-16)22-17(26)14-10-21-25(23-14)13-5-3-2-4-6-13/h2-11H,1H3,(H,19,20,22,26). The lowest BCUT2D eigenvalue weighted by molar-refractivity contribution is 0.102. The zero-order valence-corrected chi connectivity index (χ0v) is 13.8. The van der Waals surface area contributed by atoms with Crippen LogP contribution >= 0.6 is 0 Å². The Morgan fingerprint density at radius 2 is 1.96 bits per heavy atom. The van der Waals surface area contributed by atoms with Crippen molar-refractivity contribution < 1.29 is 4.79 Å². The number of carbonyl (C=O) groups excluding carboxylic acids is 1. The highest BCUT2D eigenvalue weighted by atomic mass is 16.2. The van der Waals surface area contributed by atoms with Gasteiger partial charge in [-0.2, -0.15) is 9.90 Å². The molecule has 0 fully saturated rings. The van der Waals surface area contributed by atoms with Gasteiger partial charge < -0.3 is 5.32 Å². The summed E-state index contributed by atoms with van der Waals surface area (Å²) in [5.41, 5.74) is 0.958. The highest BCUT2D eigenvalue weighted by Gasteiger charge is 2.13. The lowest BCUT2D eigenvalue weighted by atomic mass is 10.3. The molecule has 0 unspecified atom stereocenters. The molecule has 0 saturated heterocycles. The van der Waals surface area contributed by atoms with Crippen molar-refractivity contribution in [2.45, 2.75) is 6.92 Å². The highest BCUT2D eigenvalue weighted by molar-refractivity contribution is 6.02. The molecule has 9 nitrogen and oxygen atoms in total. The number of imidazole rings is 1. The third kappa shape index (κ3) is 3.05. The number of para-hydroxylation sites is 1. The van der Waals surface area contributed by atoms with Crippen molar-refractivity contribution in [1.29, 1.82) is 0 Å². The predicted octanol–water partition coefficient (Wildman–Crippen LogP) is 1.80. The summed E-state index contributed by atoms with van der Waals surface area (Å²) in [7, 11) is 0. The van der Waals surface area contributed by atoms with E-state index in [1.165, 1.54) is 17.3 Å². The van der Waals surface area contributed by atoms with Gasteiger partial charge >= 0.3 is 0 Å². The number of nitrogens with zero attached hydrogens (tertiary/aromatic N) is 7. The molecule has 0 atom stereocenters. The van der Waals surface area contributed by atoms with Gasteiger partial charge in [-0.15, -0.1) is 5.10 Å². The monoisotopic (exact) mass is 346 g/mol. The lowest BCUT2D eigenvalue weighted by Crippen LogP contribution is -2.15. The van der Waals surface area contributed by atoms with Crippen molar-refractivity contribution in [1.82, 2.24) is 34.5 Å². The van der Waals surface area contributed by atoms with Crippen LogP contribution in [0.25, 0.3) is 11.5 Å². The van der Waals surface area contributed by atoms with Crippen molar-refractivity contribution in [2.75, 3.05) is 5.32 Å². The number of nitrogens with one attached hydrogen (secondary N) is 1. The molecule has 1 aromatic carbocycles. The lowest BCUT2D eigenvalue weighted by Gasteiger charge is -2.06. The van der Waals surface area contributed by atoms with Crippen LogP contribution < -0.4 is 5.32 Å². The Kier molecular flexibility index (Phi) is 3.94. The molecular weight excluding hydrogens is 332 g/mol. The summed E-state index contributed by atoms with van der Waals surface area (Å²) in [6.45, 7) is 1.86. The summed E-state index contributed by atoms with van der Waals surface area (Å²) in [4.78, 5) is 26.2. The van der Waals surface area contributed by atoms with E-state index in [-0.39, 0.29) is 5.69 Å². The minimum atomic E-state index is -0.404. The maximum Gasteiger partial charge on any atom is 0.279 e. The van der Waals surface area contributed by atoms with Gasteiger partial charge in [-0.1, -0.05) is 18.2 Å². The Labute approximate surface area is 148 Å². The Morgan fingerprint density at radius 1 is 1.12 bits per heavy atom. The minimum Gasteiger partial charge on any atom is -0.305 e. The van der Waals surface area contributed by atoms with Gasteiger partial charge in [0.2, 0.25) is 0 Å². The molecule has 0 bridgehead atoms. The van der Waals surface area contributed by atoms with E-state index in [0.29, 0.717) is 11.6 Å². The summed E-state index contributed by atoms with van der Waals surface area (Å²) in [6, 6.07) is 11.0. The molecule has 3 heterocycles. The van der Waals surface area contributed by atoms with Crippen molar-refractivity contribution in [3.63, 3.8) is 0 Å². The fourth-order valence-electron chi connectivity index (χ4n) is 2.40. The number of benzene rings is 1. The number of hydrogen-bond donors (Lipinski definition) is 1. The molecule has 1 N–H and O–H groups in total. The molecule has 0 aliphatic heterocycles. The molecular formula is C17H14N8O. The molecule has 4 aromatic rings. The topological polar surface area (TPSA) is 103 Å². The summed E-state index contributed by atoms with van der Waals surface area (Å²) in [5, 5.41) is 11.0. The van der Waals surface area contributed by atoms with E-state index in [1.54, 1.807) is 23.0 Å². The summed E-state index contributed by atoms with van der Waals surface area (Å²) < 4.78 is 1.79. The van der Waals surface area contributed by atoms with Gasteiger partial charge in [-0.05, 0) is 19.1 Å². The van der Waals surface area contributed by atoms with Gasteiger partial charge in [0.1, 0.15) is 23.8 Å². The fraction of sp³-hybridized carbons (Fsp3) is 0.0588. The van der Waals surface area contributed by atoms with Gasteiger partial charge in [0.15, 0.2) is 5.69 Å². The van der Waals surface area contributed by atoms with Gasteiger partial charge in [0.25, 0.3) is 5.91 Å². The van der Waals surface area contributed by atoms with Gasteiger partial charge in [-0.25, -0.2) is 15.0 Å². The fourth-order valence-corrected chi connectivity index (χ4v) is 2.40. The average Bonchev–Trinajstić information content (AvgIpc) is 3.32. The zero-order chi connectivity index (χ0) is 17.9. The van der Waals surface area contributed by atoms with Crippen LogP contribution in [0.1, 0.15) is 16.3 Å². The largest absolute Gasteiger partial charge is 0.305 e. The average molecular weight is 346 g/mol. The number of carbonyl (C=O) groups is 1. The van der Waals surface area contributed by atoms with Gasteiger partial charge in [0.05, 0.1) is 11.9 Å². The molecule has 0 radical (unpaired) electrons. The van der Waals surface area contributed by atoms with Crippen molar-refractivity contribution in [3.8, 4) is 11.5 Å². The molecule has 0 aliphatic rings. The first-order valence-corrected chi connectivity index (χ1v) is 7.82. The molecule has 0 saturated carbocycles. The van der Waals surface area contributed by atoms with E-state index in [2.05, 4.69) is 30.5 Å². The zero-order valence-electron chi connectivity index (χ0n) is 13.8. The number of anilines is 1. The van der Waals surface area contributed by atoms with Crippen LogP contribution in [0.15, 0.2) is 61.3 Å². The highest BCUT2D eigenvalue weighted by Crippen LogP contribution is 2.12. The second-order valence-corrected chi connectivity index (χ2v) is 5.41. The second kappa shape index (κ2) is 6.55. The van der Waals surface area contributed by atoms with E-state index < -0.39 is 5.91 Å². The quantitative estimate of drug-likeness (QED) is 0.604. The molecule has 0 aliphatic carbocycles. The normalized spacial score (nSPS) is 10.7. The number of rotatable bonds is 4. The third-order valence-corrected chi connectivity index (χ3v) is 3.68. The summed E-state index contributed by atoms with van der Waals surface area (Å²) in [6.07, 6.45) is 6.25. The molecule has 128 valence electrons. The van der Waals surface area contributed by atoms with Crippen LogP contribution in [-0.4, -0.2) is 40.4 Å². The molecule has 9 heteroatoms. The second-order valence-electron chi connectivity index (χ2n) is 5.41. The van der Waals surface area contributed by atoms with E-state index in [1.807, 2.05) is 37.3 Å². The molecule has 1 amide bonds.